The molecule has 0 aromatic heterocycles. The average molecular weight is 599 g/mol. The highest BCUT2D eigenvalue weighted by molar-refractivity contribution is 6.12. The molecule has 43 heavy (non-hydrogen) atoms. The quantitative estimate of drug-likeness (QED) is 0.128. The van der Waals surface area contributed by atoms with Crippen LogP contribution in [0.4, 0.5) is 10.5 Å². The molecule has 2 unspecified atom stereocenters. The van der Waals surface area contributed by atoms with Crippen molar-refractivity contribution in [2.75, 3.05) is 18.4 Å². The third kappa shape index (κ3) is 12.7. The van der Waals surface area contributed by atoms with Gasteiger partial charge < -0.3 is 27.0 Å². The lowest BCUT2D eigenvalue weighted by Crippen LogP contribution is -2.54. The second-order valence-corrected chi connectivity index (χ2v) is 11.5. The van der Waals surface area contributed by atoms with E-state index < -0.39 is 29.9 Å². The maximum Gasteiger partial charge on any atom is 0.312 e. The van der Waals surface area contributed by atoms with Crippen LogP contribution < -0.4 is 27.0 Å². The lowest BCUT2D eigenvalue weighted by Gasteiger charge is -2.25. The third-order valence-electron chi connectivity index (χ3n) is 6.92. The molecule has 6 N–H and O–H groups in total. The normalized spacial score (nSPS) is 14.1. The monoisotopic (exact) mass is 598 g/mol. The minimum atomic E-state index is -0.916. The van der Waals surface area contributed by atoms with E-state index in [4.69, 9.17) is 5.73 Å². The first-order valence-corrected chi connectivity index (χ1v) is 14.9. The Kier molecular flexibility index (Phi) is 14.4. The zero-order valence-corrected chi connectivity index (χ0v) is 25.6. The van der Waals surface area contributed by atoms with Crippen LogP contribution in [-0.4, -0.2) is 65.6 Å². The van der Waals surface area contributed by atoms with Crippen LogP contribution in [0.1, 0.15) is 71.8 Å². The number of nitrogens with one attached hydrogen (secondary N) is 4. The van der Waals surface area contributed by atoms with Crippen molar-refractivity contribution in [3.05, 3.63) is 42.0 Å². The number of hydrogen-bond acceptors (Lipinski definition) is 6. The minimum Gasteiger partial charge on any atom is -0.352 e. The van der Waals surface area contributed by atoms with Gasteiger partial charge in [-0.25, -0.2) is 4.79 Å². The van der Waals surface area contributed by atoms with Crippen molar-refractivity contribution < 1.29 is 28.8 Å². The number of amides is 7. The smallest absolute Gasteiger partial charge is 0.312 e. The Hall–Kier alpha value is -4.22. The summed E-state index contributed by atoms with van der Waals surface area (Å²) < 4.78 is 0. The van der Waals surface area contributed by atoms with Gasteiger partial charge in [-0.3, -0.25) is 28.9 Å². The molecule has 0 radical (unpaired) electrons. The Morgan fingerprint density at radius 1 is 0.837 bits per heavy atom. The summed E-state index contributed by atoms with van der Waals surface area (Å²) in [7, 11) is 0. The highest BCUT2D eigenvalue weighted by Crippen LogP contribution is 2.15. The molecule has 0 aliphatic carbocycles. The van der Waals surface area contributed by atoms with Crippen LogP contribution in [-0.2, 0) is 30.4 Å². The fourth-order valence-electron chi connectivity index (χ4n) is 4.64. The predicted octanol–water partition coefficient (Wildman–Crippen LogP) is 2.38. The van der Waals surface area contributed by atoms with Gasteiger partial charge in [-0.15, -0.1) is 0 Å². The van der Waals surface area contributed by atoms with Gasteiger partial charge in [0.05, 0.1) is 0 Å². The number of primary amides is 1. The van der Waals surface area contributed by atoms with Crippen LogP contribution in [0, 0.1) is 11.8 Å². The van der Waals surface area contributed by atoms with E-state index in [9.17, 15) is 28.8 Å². The fraction of sp³-hybridized carbons (Fsp3) is 0.548. The molecule has 236 valence electrons. The van der Waals surface area contributed by atoms with E-state index in [0.717, 1.165) is 16.9 Å². The van der Waals surface area contributed by atoms with Crippen LogP contribution in [0.15, 0.2) is 36.4 Å². The maximum absolute atomic E-state index is 13.3. The Labute approximate surface area is 253 Å². The SMILES string of the molecule is CC(C)Cc1ccc(NC(=O)C(CCCNC(N)=O)NC(=O)C(NC(=O)CCCCCN2C(=O)C=CC2=O)C(C)C)cc1. The summed E-state index contributed by atoms with van der Waals surface area (Å²) in [5.74, 6) is -1.62. The van der Waals surface area contributed by atoms with E-state index in [-0.39, 0.29) is 43.0 Å². The van der Waals surface area contributed by atoms with Crippen LogP contribution in [0.5, 0.6) is 0 Å². The number of carbonyl (C=O) groups excluding carboxylic acids is 6. The van der Waals surface area contributed by atoms with Crippen LogP contribution >= 0.6 is 0 Å². The van der Waals surface area contributed by atoms with E-state index in [0.29, 0.717) is 43.8 Å². The second kappa shape index (κ2) is 17.7. The van der Waals surface area contributed by atoms with E-state index >= 15 is 0 Å². The Balaban J connectivity index is 1.94. The number of imide groups is 1. The van der Waals surface area contributed by atoms with Crippen molar-refractivity contribution in [1.29, 1.82) is 0 Å². The van der Waals surface area contributed by atoms with Gasteiger partial charge in [0.15, 0.2) is 0 Å². The number of anilines is 1. The molecule has 1 aliphatic rings. The van der Waals surface area contributed by atoms with Gasteiger partial charge in [0.2, 0.25) is 17.7 Å². The van der Waals surface area contributed by atoms with E-state index in [1.165, 1.54) is 12.2 Å². The Morgan fingerprint density at radius 2 is 1.49 bits per heavy atom. The van der Waals surface area contributed by atoms with Crippen molar-refractivity contribution in [1.82, 2.24) is 20.9 Å². The summed E-state index contributed by atoms with van der Waals surface area (Å²) in [6.45, 7) is 8.39. The third-order valence-corrected chi connectivity index (χ3v) is 6.92. The van der Waals surface area contributed by atoms with Crippen molar-refractivity contribution in [3.63, 3.8) is 0 Å². The summed E-state index contributed by atoms with van der Waals surface area (Å²) in [4.78, 5) is 74.6. The highest BCUT2D eigenvalue weighted by atomic mass is 16.2. The van der Waals surface area contributed by atoms with Gasteiger partial charge in [-0.05, 0) is 61.6 Å². The number of benzene rings is 1. The molecule has 0 saturated carbocycles. The first kappa shape index (κ1) is 35.0. The number of nitrogens with zero attached hydrogens (tertiary/aromatic N) is 1. The maximum atomic E-state index is 13.3. The van der Waals surface area contributed by atoms with Crippen LogP contribution in [0.25, 0.3) is 0 Å². The Morgan fingerprint density at radius 3 is 2.07 bits per heavy atom. The summed E-state index contributed by atoms with van der Waals surface area (Å²) in [6, 6.07) is 5.08. The summed E-state index contributed by atoms with van der Waals surface area (Å²) in [5, 5.41) is 10.9. The number of nitrogens with two attached hydrogens (primary N) is 1. The van der Waals surface area contributed by atoms with Gasteiger partial charge in [0, 0.05) is 37.3 Å². The zero-order valence-electron chi connectivity index (χ0n) is 25.6. The molecule has 12 nitrogen and oxygen atoms in total. The predicted molar refractivity (Wildman–Crippen MR) is 163 cm³/mol. The van der Waals surface area contributed by atoms with Crippen LogP contribution in [0.2, 0.25) is 0 Å². The molecule has 1 aromatic rings. The zero-order chi connectivity index (χ0) is 31.9. The molecule has 0 spiro atoms. The largest absolute Gasteiger partial charge is 0.352 e. The first-order chi connectivity index (χ1) is 20.4. The molecule has 7 amide bonds. The van der Waals surface area contributed by atoms with Gasteiger partial charge in [0.25, 0.3) is 11.8 Å². The summed E-state index contributed by atoms with van der Waals surface area (Å²) in [5.41, 5.74) is 6.88. The minimum absolute atomic E-state index is 0.173. The van der Waals surface area contributed by atoms with Gasteiger partial charge >= 0.3 is 6.03 Å². The lowest BCUT2D eigenvalue weighted by atomic mass is 10.0. The molecule has 2 rings (SSSR count). The molecule has 1 aliphatic heterocycles. The lowest BCUT2D eigenvalue weighted by molar-refractivity contribution is -0.137. The van der Waals surface area contributed by atoms with Gasteiger partial charge in [-0.2, -0.15) is 0 Å². The van der Waals surface area contributed by atoms with Gasteiger partial charge in [-0.1, -0.05) is 46.2 Å². The second-order valence-electron chi connectivity index (χ2n) is 11.5. The molecule has 0 fully saturated rings. The molecule has 0 bridgehead atoms. The van der Waals surface area contributed by atoms with Crippen molar-refractivity contribution >= 4 is 41.3 Å². The number of hydrogen-bond donors (Lipinski definition) is 5. The van der Waals surface area contributed by atoms with E-state index in [1.807, 2.05) is 24.3 Å². The number of rotatable bonds is 18. The molecule has 2 atom stereocenters. The number of urea groups is 1. The van der Waals surface area contributed by atoms with Crippen molar-refractivity contribution in [3.8, 4) is 0 Å². The van der Waals surface area contributed by atoms with Gasteiger partial charge in [0.1, 0.15) is 12.1 Å². The summed E-state index contributed by atoms with van der Waals surface area (Å²) in [6.07, 6.45) is 5.92. The Bertz CT molecular complexity index is 1150. The highest BCUT2D eigenvalue weighted by Gasteiger charge is 2.29. The van der Waals surface area contributed by atoms with Crippen molar-refractivity contribution in [2.45, 2.75) is 84.7 Å². The molecule has 12 heteroatoms. The average Bonchev–Trinajstić information content (AvgIpc) is 3.25. The molecule has 1 aromatic carbocycles. The number of carbonyl (C=O) groups is 6. The molecular formula is C31H46N6O6. The van der Waals surface area contributed by atoms with Crippen LogP contribution in [0.3, 0.4) is 0 Å². The summed E-state index contributed by atoms with van der Waals surface area (Å²) >= 11 is 0. The topological polar surface area (TPSA) is 180 Å². The molecule has 1 heterocycles. The standard InChI is InChI=1S/C31H46N6O6/c1-20(2)19-22-11-13-23(14-12-22)34-29(41)24(9-8-17-33-31(32)43)35-30(42)28(21(3)4)36-25(38)10-6-5-7-18-37-26(39)15-16-27(37)40/h11-16,20-21,24,28H,5-10,17-19H2,1-4H3,(H,34,41)(H,35,42)(H,36,38)(H3,32,33,43). The molecule has 0 saturated heterocycles. The first-order valence-electron chi connectivity index (χ1n) is 14.9. The van der Waals surface area contributed by atoms with Crippen molar-refractivity contribution in [2.24, 2.45) is 17.6 Å². The molecular weight excluding hydrogens is 552 g/mol. The van der Waals surface area contributed by atoms with E-state index in [2.05, 4.69) is 35.1 Å². The number of unbranched alkanes of at least 4 members (excludes halogenated alkanes) is 2. The van der Waals surface area contributed by atoms with E-state index in [1.54, 1.807) is 13.8 Å². The fourth-order valence-corrected chi connectivity index (χ4v) is 4.64.